The van der Waals surface area contributed by atoms with Gasteiger partial charge >= 0.3 is 5.97 Å². The average Bonchev–Trinajstić information content (AvgIpc) is 3.79. The van der Waals surface area contributed by atoms with Gasteiger partial charge in [-0.25, -0.2) is 8.42 Å². The van der Waals surface area contributed by atoms with Crippen molar-refractivity contribution in [2.75, 3.05) is 45.7 Å². The van der Waals surface area contributed by atoms with Crippen molar-refractivity contribution in [3.8, 4) is 0 Å². The number of azo groups is 1. The number of nitrogens with two attached hydrogens (primary N) is 1. The Hall–Kier alpha value is -3.27. The summed E-state index contributed by atoms with van der Waals surface area (Å²) >= 11 is 0. The van der Waals surface area contributed by atoms with E-state index in [4.69, 9.17) is 15.2 Å². The molecule has 258 valence electrons. The summed E-state index contributed by atoms with van der Waals surface area (Å²) in [5.41, 5.74) is 6.42. The minimum Gasteiger partial charge on any atom is -0.465 e. The van der Waals surface area contributed by atoms with Crippen molar-refractivity contribution in [1.82, 2.24) is 14.1 Å². The lowest BCUT2D eigenvalue weighted by atomic mass is 9.79. The molecule has 2 N–H and O–H groups in total. The van der Waals surface area contributed by atoms with Crippen molar-refractivity contribution in [3.63, 3.8) is 0 Å². The van der Waals surface area contributed by atoms with Crippen LogP contribution in [0.25, 0.3) is 0 Å². The zero-order chi connectivity index (χ0) is 33.7. The third-order valence-corrected chi connectivity index (χ3v) is 11.2. The molecule has 5 rings (SSSR count). The summed E-state index contributed by atoms with van der Waals surface area (Å²) in [5.74, 6) is -2.46. The SMILES string of the molecule is CC(=O)OCC1C2CC[C@H](O2)C1C(=O)N=NCN1CCC(CN([C@H](Cc2ccccc2)C(=O)N2CCC[C@H]2C(N)=O)S(C)(=O)=O)CC1. The zero-order valence-corrected chi connectivity index (χ0v) is 27.9. The van der Waals surface area contributed by atoms with Crippen molar-refractivity contribution in [3.05, 3.63) is 35.9 Å². The van der Waals surface area contributed by atoms with Crippen LogP contribution in [-0.2, 0) is 45.1 Å². The summed E-state index contributed by atoms with van der Waals surface area (Å²) in [6.45, 7) is 3.45. The number of rotatable bonds is 13. The number of carbonyl (C=O) groups is 4. The van der Waals surface area contributed by atoms with Gasteiger partial charge in [0.1, 0.15) is 18.8 Å². The molecule has 4 heterocycles. The molecule has 0 spiro atoms. The van der Waals surface area contributed by atoms with Crippen molar-refractivity contribution < 1.29 is 37.1 Å². The largest absolute Gasteiger partial charge is 0.465 e. The van der Waals surface area contributed by atoms with E-state index in [1.54, 1.807) is 0 Å². The number of likely N-dealkylation sites (tertiary alicyclic amines) is 2. The summed E-state index contributed by atoms with van der Waals surface area (Å²) < 4.78 is 38.9. The first-order valence-corrected chi connectivity index (χ1v) is 18.3. The van der Waals surface area contributed by atoms with Gasteiger partial charge in [0.05, 0.1) is 31.0 Å². The number of amides is 3. The highest BCUT2D eigenvalue weighted by Gasteiger charge is 2.53. The van der Waals surface area contributed by atoms with Gasteiger partial charge in [-0.2, -0.15) is 9.42 Å². The fraction of sp³-hybridized carbons (Fsp3) is 0.688. The third-order valence-electron chi connectivity index (χ3n) is 9.96. The van der Waals surface area contributed by atoms with Gasteiger partial charge < -0.3 is 20.1 Å². The Morgan fingerprint density at radius 1 is 1.04 bits per heavy atom. The number of nitrogens with zero attached hydrogens (tertiary/aromatic N) is 5. The fourth-order valence-electron chi connectivity index (χ4n) is 7.53. The number of carbonyl (C=O) groups excluding carboxylic acids is 4. The minimum atomic E-state index is -3.81. The van der Waals surface area contributed by atoms with E-state index in [0.717, 1.165) is 24.7 Å². The predicted molar refractivity (Wildman–Crippen MR) is 170 cm³/mol. The van der Waals surface area contributed by atoms with Crippen molar-refractivity contribution in [2.45, 2.75) is 76.2 Å². The van der Waals surface area contributed by atoms with E-state index >= 15 is 0 Å². The third kappa shape index (κ3) is 8.61. The van der Waals surface area contributed by atoms with Crippen LogP contribution in [0.2, 0.25) is 0 Å². The maximum absolute atomic E-state index is 14.0. The molecule has 3 amide bonds. The van der Waals surface area contributed by atoms with Gasteiger partial charge in [-0.15, -0.1) is 5.11 Å². The molecule has 0 radical (unpaired) electrons. The number of fused-ring (bicyclic) bond motifs is 2. The number of hydrogen-bond donors (Lipinski definition) is 1. The topological polar surface area (TPSA) is 181 Å². The molecule has 4 aliphatic rings. The Morgan fingerprint density at radius 2 is 1.74 bits per heavy atom. The fourth-order valence-corrected chi connectivity index (χ4v) is 8.63. The molecule has 2 bridgehead atoms. The van der Waals surface area contributed by atoms with E-state index in [-0.39, 0.29) is 56.2 Å². The Labute approximate surface area is 276 Å². The number of sulfonamides is 1. The number of hydrogen-bond acceptors (Lipinski definition) is 10. The molecule has 0 aliphatic carbocycles. The molecule has 0 aromatic heterocycles. The standard InChI is InChI=1S/C32H46N6O8S/c1-21(39)45-19-24-27-10-11-28(46-27)29(24)31(41)35-34-20-36-15-12-23(13-16-36)18-38(47(2,43)44)26(17-22-7-4-3-5-8-22)32(42)37-14-6-9-25(37)30(33)40/h3-5,7-8,23-29H,6,9-20H2,1-2H3,(H2,33,40)/t24?,25-,26+,27?,28-,29?/m0/s1. The zero-order valence-electron chi connectivity index (χ0n) is 27.1. The Kier molecular flexibility index (Phi) is 11.4. The Balaban J connectivity index is 1.20. The molecule has 6 atom stereocenters. The van der Waals surface area contributed by atoms with Crippen LogP contribution >= 0.6 is 0 Å². The van der Waals surface area contributed by atoms with Crippen LogP contribution in [0, 0.1) is 17.8 Å². The monoisotopic (exact) mass is 674 g/mol. The van der Waals surface area contributed by atoms with E-state index in [1.165, 1.54) is 16.1 Å². The van der Waals surface area contributed by atoms with E-state index in [2.05, 4.69) is 15.1 Å². The van der Waals surface area contributed by atoms with Gasteiger partial charge in [0.2, 0.25) is 21.8 Å². The molecule has 0 saturated carbocycles. The highest BCUT2D eigenvalue weighted by molar-refractivity contribution is 7.88. The van der Waals surface area contributed by atoms with Crippen LogP contribution in [0.1, 0.15) is 51.0 Å². The van der Waals surface area contributed by atoms with E-state index in [0.29, 0.717) is 45.3 Å². The van der Waals surface area contributed by atoms with E-state index in [1.807, 2.05) is 30.3 Å². The highest BCUT2D eigenvalue weighted by atomic mass is 32.2. The Bertz CT molecular complexity index is 1430. The number of primary amides is 1. The van der Waals surface area contributed by atoms with Crippen molar-refractivity contribution in [1.29, 1.82) is 0 Å². The van der Waals surface area contributed by atoms with Gasteiger partial charge in [-0.1, -0.05) is 30.3 Å². The summed E-state index contributed by atoms with van der Waals surface area (Å²) in [6, 6.07) is 7.51. The quantitative estimate of drug-likeness (QED) is 0.239. The lowest BCUT2D eigenvalue weighted by Gasteiger charge is -2.37. The molecule has 1 aromatic rings. The number of esters is 1. The molecule has 14 nitrogen and oxygen atoms in total. The van der Waals surface area contributed by atoms with Crippen LogP contribution in [0.15, 0.2) is 40.6 Å². The summed E-state index contributed by atoms with van der Waals surface area (Å²) in [4.78, 5) is 53.9. The first-order valence-electron chi connectivity index (χ1n) is 16.5. The molecule has 4 saturated heterocycles. The normalized spacial score (nSPS) is 27.5. The second-order valence-electron chi connectivity index (χ2n) is 13.2. The summed E-state index contributed by atoms with van der Waals surface area (Å²) in [5, 5.41) is 8.18. The smallest absolute Gasteiger partial charge is 0.302 e. The molecule has 47 heavy (non-hydrogen) atoms. The second kappa shape index (κ2) is 15.3. The maximum atomic E-state index is 14.0. The van der Waals surface area contributed by atoms with Gasteiger partial charge in [0.25, 0.3) is 5.91 Å². The highest BCUT2D eigenvalue weighted by Crippen LogP contribution is 2.44. The second-order valence-corrected chi connectivity index (χ2v) is 15.1. The van der Waals surface area contributed by atoms with Gasteiger partial charge in [0.15, 0.2) is 0 Å². The summed E-state index contributed by atoms with van der Waals surface area (Å²) in [7, 11) is -3.81. The lowest BCUT2D eigenvalue weighted by Crippen LogP contribution is -2.56. The molecule has 1 aromatic carbocycles. The van der Waals surface area contributed by atoms with Gasteiger partial charge in [-0.3, -0.25) is 24.1 Å². The molecule has 3 unspecified atom stereocenters. The predicted octanol–water partition coefficient (Wildman–Crippen LogP) is 1.34. The average molecular weight is 675 g/mol. The van der Waals surface area contributed by atoms with Crippen LogP contribution in [-0.4, -0.2) is 116 Å². The summed E-state index contributed by atoms with van der Waals surface area (Å²) in [6.07, 6.45) is 4.98. The van der Waals surface area contributed by atoms with Gasteiger partial charge in [-0.05, 0) is 56.4 Å². The van der Waals surface area contributed by atoms with Crippen LogP contribution < -0.4 is 5.73 Å². The van der Waals surface area contributed by atoms with Crippen LogP contribution in [0.4, 0.5) is 0 Å². The van der Waals surface area contributed by atoms with E-state index in [9.17, 15) is 27.6 Å². The van der Waals surface area contributed by atoms with Gasteiger partial charge in [0, 0.05) is 39.0 Å². The van der Waals surface area contributed by atoms with Crippen LogP contribution in [0.3, 0.4) is 0 Å². The molecule has 15 heteroatoms. The minimum absolute atomic E-state index is 0.00986. The molecular formula is C32H46N6O8S. The number of ether oxygens (including phenoxy) is 2. The van der Waals surface area contributed by atoms with Crippen molar-refractivity contribution in [2.24, 2.45) is 33.7 Å². The van der Waals surface area contributed by atoms with Crippen molar-refractivity contribution >= 4 is 33.7 Å². The van der Waals surface area contributed by atoms with E-state index < -0.39 is 45.8 Å². The Morgan fingerprint density at radius 3 is 2.40 bits per heavy atom. The number of benzene rings is 1. The maximum Gasteiger partial charge on any atom is 0.302 e. The molecule has 4 fully saturated rings. The van der Waals surface area contributed by atoms with Crippen LogP contribution in [0.5, 0.6) is 0 Å². The first kappa shape index (κ1) is 35.0. The molecule has 4 aliphatic heterocycles. The number of piperidine rings is 1. The first-order chi connectivity index (χ1) is 22.4. The molecular weight excluding hydrogens is 628 g/mol. The lowest BCUT2D eigenvalue weighted by molar-refractivity contribution is -0.144.